The molecule has 0 radical (unpaired) electrons. The van der Waals surface area contributed by atoms with Crippen LogP contribution in [0.4, 0.5) is 0 Å². The minimum absolute atomic E-state index is 0.0858. The summed E-state index contributed by atoms with van der Waals surface area (Å²) in [6.07, 6.45) is 3.94. The zero-order valence-corrected chi connectivity index (χ0v) is 12.0. The molecule has 0 spiro atoms. The van der Waals surface area contributed by atoms with E-state index in [1.165, 1.54) is 0 Å². The van der Waals surface area contributed by atoms with Crippen LogP contribution in [0.25, 0.3) is 0 Å². The number of hydrogen-bond donors (Lipinski definition) is 2. The fourth-order valence-electron chi connectivity index (χ4n) is 2.64. The molecule has 4 heteroatoms. The normalized spacial score (nSPS) is 21.7. The molecule has 1 saturated carbocycles. The third kappa shape index (κ3) is 3.73. The maximum absolute atomic E-state index is 12.2. The summed E-state index contributed by atoms with van der Waals surface area (Å²) in [5.74, 6) is 0.834. The Balaban J connectivity index is 1.98. The van der Waals surface area contributed by atoms with E-state index in [2.05, 4.69) is 5.32 Å². The molecule has 1 aliphatic rings. The van der Waals surface area contributed by atoms with Gasteiger partial charge in [0.2, 0.25) is 0 Å². The molecule has 4 nitrogen and oxygen atoms in total. The van der Waals surface area contributed by atoms with E-state index in [-0.39, 0.29) is 24.5 Å². The summed E-state index contributed by atoms with van der Waals surface area (Å²) in [5, 5.41) is 12.3. The molecule has 2 N–H and O–H groups in total. The maximum atomic E-state index is 12.2. The standard InChI is InChI=1S/C16H23NO3/c1-2-9-20-14-7-3-5-12(10-14)16(19)17-15-8-4-6-13(15)11-18/h3,5,7,10,13,15,18H,2,4,6,8-9,11H2,1H3,(H,17,19). The number of nitrogens with one attached hydrogen (secondary N) is 1. The van der Waals surface area contributed by atoms with Gasteiger partial charge in [-0.3, -0.25) is 4.79 Å². The topological polar surface area (TPSA) is 58.6 Å². The van der Waals surface area contributed by atoms with E-state index in [1.807, 2.05) is 19.1 Å². The number of rotatable bonds is 6. The highest BCUT2D eigenvalue weighted by Gasteiger charge is 2.28. The van der Waals surface area contributed by atoms with Crippen molar-refractivity contribution >= 4 is 5.91 Å². The lowest BCUT2D eigenvalue weighted by molar-refractivity contribution is 0.0915. The lowest BCUT2D eigenvalue weighted by Crippen LogP contribution is -2.38. The Kier molecular flexibility index (Phi) is 5.41. The lowest BCUT2D eigenvalue weighted by atomic mass is 10.0. The van der Waals surface area contributed by atoms with E-state index in [0.717, 1.165) is 31.4 Å². The molecule has 1 fully saturated rings. The van der Waals surface area contributed by atoms with E-state index in [1.54, 1.807) is 12.1 Å². The van der Waals surface area contributed by atoms with Gasteiger partial charge in [0.25, 0.3) is 5.91 Å². The molecule has 0 bridgehead atoms. The molecule has 0 saturated heterocycles. The average Bonchev–Trinajstić information content (AvgIpc) is 2.92. The Morgan fingerprint density at radius 2 is 2.30 bits per heavy atom. The Labute approximate surface area is 120 Å². The van der Waals surface area contributed by atoms with Gasteiger partial charge in [-0.1, -0.05) is 19.4 Å². The number of benzene rings is 1. The van der Waals surface area contributed by atoms with Gasteiger partial charge < -0.3 is 15.2 Å². The molecule has 2 unspecified atom stereocenters. The monoisotopic (exact) mass is 277 g/mol. The number of aliphatic hydroxyl groups excluding tert-OH is 1. The molecular formula is C16H23NO3. The predicted molar refractivity (Wildman–Crippen MR) is 77.9 cm³/mol. The zero-order chi connectivity index (χ0) is 14.4. The number of carbonyl (C=O) groups is 1. The van der Waals surface area contributed by atoms with Crippen LogP contribution in [-0.4, -0.2) is 30.3 Å². The van der Waals surface area contributed by atoms with Gasteiger partial charge in [0.1, 0.15) is 5.75 Å². The van der Waals surface area contributed by atoms with E-state index >= 15 is 0 Å². The molecule has 1 aromatic rings. The van der Waals surface area contributed by atoms with Crippen LogP contribution in [0, 0.1) is 5.92 Å². The SMILES string of the molecule is CCCOc1cccc(C(=O)NC2CCCC2CO)c1. The first-order valence-corrected chi connectivity index (χ1v) is 7.39. The second-order valence-electron chi connectivity index (χ2n) is 5.33. The van der Waals surface area contributed by atoms with Crippen LogP contribution in [0.15, 0.2) is 24.3 Å². The minimum atomic E-state index is -0.0858. The van der Waals surface area contributed by atoms with Crippen molar-refractivity contribution in [1.82, 2.24) is 5.32 Å². The van der Waals surface area contributed by atoms with Crippen molar-refractivity contribution in [3.8, 4) is 5.75 Å². The van der Waals surface area contributed by atoms with Gasteiger partial charge in [-0.05, 0) is 37.5 Å². The summed E-state index contributed by atoms with van der Waals surface area (Å²) in [6, 6.07) is 7.34. The van der Waals surface area contributed by atoms with E-state index in [0.29, 0.717) is 12.2 Å². The van der Waals surface area contributed by atoms with Crippen LogP contribution in [0.3, 0.4) is 0 Å². The maximum Gasteiger partial charge on any atom is 0.251 e. The summed E-state index contributed by atoms with van der Waals surface area (Å²) in [4.78, 5) is 12.2. The van der Waals surface area contributed by atoms with Crippen molar-refractivity contribution in [2.45, 2.75) is 38.6 Å². The molecule has 20 heavy (non-hydrogen) atoms. The van der Waals surface area contributed by atoms with E-state index in [9.17, 15) is 9.90 Å². The molecule has 0 aliphatic heterocycles. The highest BCUT2D eigenvalue weighted by Crippen LogP contribution is 2.25. The number of amides is 1. The smallest absolute Gasteiger partial charge is 0.251 e. The number of ether oxygens (including phenoxy) is 1. The lowest BCUT2D eigenvalue weighted by Gasteiger charge is -2.19. The second kappa shape index (κ2) is 7.29. The highest BCUT2D eigenvalue weighted by molar-refractivity contribution is 5.94. The van der Waals surface area contributed by atoms with Crippen molar-refractivity contribution < 1.29 is 14.6 Å². The largest absolute Gasteiger partial charge is 0.494 e. The van der Waals surface area contributed by atoms with Gasteiger partial charge >= 0.3 is 0 Å². The molecule has 1 aromatic carbocycles. The van der Waals surface area contributed by atoms with Crippen LogP contribution in [0.5, 0.6) is 5.75 Å². The van der Waals surface area contributed by atoms with Gasteiger partial charge in [0, 0.05) is 24.1 Å². The van der Waals surface area contributed by atoms with Crippen molar-refractivity contribution in [3.63, 3.8) is 0 Å². The summed E-state index contributed by atoms with van der Waals surface area (Å²) >= 11 is 0. The molecule has 110 valence electrons. The fraction of sp³-hybridized carbons (Fsp3) is 0.562. The van der Waals surface area contributed by atoms with Crippen molar-refractivity contribution in [3.05, 3.63) is 29.8 Å². The second-order valence-corrected chi connectivity index (χ2v) is 5.33. The molecule has 0 heterocycles. The summed E-state index contributed by atoms with van der Waals surface area (Å²) in [7, 11) is 0. The molecular weight excluding hydrogens is 254 g/mol. The molecule has 0 aromatic heterocycles. The van der Waals surface area contributed by atoms with Crippen LogP contribution < -0.4 is 10.1 Å². The van der Waals surface area contributed by atoms with E-state index in [4.69, 9.17) is 4.74 Å². The summed E-state index contributed by atoms with van der Waals surface area (Å²) in [6.45, 7) is 2.84. The number of carbonyl (C=O) groups excluding carboxylic acids is 1. The molecule has 2 rings (SSSR count). The van der Waals surface area contributed by atoms with Gasteiger partial charge in [-0.15, -0.1) is 0 Å². The Morgan fingerprint density at radius 1 is 1.45 bits per heavy atom. The van der Waals surface area contributed by atoms with Crippen LogP contribution in [-0.2, 0) is 0 Å². The summed E-state index contributed by atoms with van der Waals surface area (Å²) < 4.78 is 5.54. The van der Waals surface area contributed by atoms with Gasteiger partial charge in [-0.25, -0.2) is 0 Å². The number of hydrogen-bond acceptors (Lipinski definition) is 3. The molecule has 2 atom stereocenters. The van der Waals surface area contributed by atoms with Crippen LogP contribution in [0.2, 0.25) is 0 Å². The first-order chi connectivity index (χ1) is 9.74. The minimum Gasteiger partial charge on any atom is -0.494 e. The first-order valence-electron chi connectivity index (χ1n) is 7.39. The van der Waals surface area contributed by atoms with Crippen molar-refractivity contribution in [2.75, 3.05) is 13.2 Å². The van der Waals surface area contributed by atoms with Gasteiger partial charge in [0.05, 0.1) is 6.61 Å². The predicted octanol–water partition coefficient (Wildman–Crippen LogP) is 2.37. The summed E-state index contributed by atoms with van der Waals surface area (Å²) in [5.41, 5.74) is 0.613. The molecule has 1 amide bonds. The van der Waals surface area contributed by atoms with E-state index < -0.39 is 0 Å². The van der Waals surface area contributed by atoms with Crippen molar-refractivity contribution in [1.29, 1.82) is 0 Å². The molecule has 1 aliphatic carbocycles. The first kappa shape index (κ1) is 14.9. The van der Waals surface area contributed by atoms with Crippen LogP contribution >= 0.6 is 0 Å². The Hall–Kier alpha value is -1.55. The Bertz CT molecular complexity index is 447. The van der Waals surface area contributed by atoms with Gasteiger partial charge in [-0.2, -0.15) is 0 Å². The average molecular weight is 277 g/mol. The zero-order valence-electron chi connectivity index (χ0n) is 12.0. The third-order valence-electron chi connectivity index (χ3n) is 3.78. The number of aliphatic hydroxyl groups is 1. The van der Waals surface area contributed by atoms with Crippen LogP contribution in [0.1, 0.15) is 43.0 Å². The van der Waals surface area contributed by atoms with Crippen molar-refractivity contribution in [2.24, 2.45) is 5.92 Å². The Morgan fingerprint density at radius 3 is 3.05 bits per heavy atom. The highest BCUT2D eigenvalue weighted by atomic mass is 16.5. The quantitative estimate of drug-likeness (QED) is 0.839. The fourth-order valence-corrected chi connectivity index (χ4v) is 2.64. The third-order valence-corrected chi connectivity index (χ3v) is 3.78. The van der Waals surface area contributed by atoms with Gasteiger partial charge in [0.15, 0.2) is 0 Å².